The van der Waals surface area contributed by atoms with Gasteiger partial charge >= 0.3 is 5.97 Å². The first kappa shape index (κ1) is 15.4. The standard InChI is InChI=1S/C14H18Cl2N2O2/c1-8-9(12(17)14(19)20)7-10(15)13(11(8)16)18-5-3-2-4-6-18/h7,12H,2-6,17H2,1H3,(H,19,20)/t12-/m0/s1. The minimum absolute atomic E-state index is 0.466. The van der Waals surface area contributed by atoms with Crippen molar-refractivity contribution in [1.29, 1.82) is 0 Å². The maximum atomic E-state index is 11.0. The molecule has 3 N–H and O–H groups in total. The largest absolute Gasteiger partial charge is 0.480 e. The summed E-state index contributed by atoms with van der Waals surface area (Å²) in [6.45, 7) is 3.62. The van der Waals surface area contributed by atoms with Gasteiger partial charge in [-0.1, -0.05) is 23.2 Å². The molecule has 0 spiro atoms. The van der Waals surface area contributed by atoms with Gasteiger partial charge in [-0.25, -0.2) is 0 Å². The van der Waals surface area contributed by atoms with Crippen molar-refractivity contribution < 1.29 is 9.90 Å². The Balaban J connectivity index is 2.45. The molecule has 4 nitrogen and oxygen atoms in total. The van der Waals surface area contributed by atoms with Gasteiger partial charge in [-0.05, 0) is 43.4 Å². The number of benzene rings is 1. The number of nitrogens with two attached hydrogens (primary N) is 1. The molecule has 1 heterocycles. The molecule has 2 rings (SSSR count). The number of piperidine rings is 1. The quantitative estimate of drug-likeness (QED) is 0.897. The van der Waals surface area contributed by atoms with E-state index in [4.69, 9.17) is 34.0 Å². The Morgan fingerprint density at radius 1 is 1.35 bits per heavy atom. The molecule has 6 heteroatoms. The summed E-state index contributed by atoms with van der Waals surface area (Å²) in [6, 6.07) is 0.520. The van der Waals surface area contributed by atoms with Crippen LogP contribution in [0, 0.1) is 6.92 Å². The number of rotatable bonds is 3. The second kappa shape index (κ2) is 6.20. The molecule has 1 aromatic rings. The highest BCUT2D eigenvalue weighted by molar-refractivity contribution is 6.39. The summed E-state index contributed by atoms with van der Waals surface area (Å²) in [5.74, 6) is -1.09. The minimum Gasteiger partial charge on any atom is -0.480 e. The molecule has 0 aromatic heterocycles. The highest BCUT2D eigenvalue weighted by Gasteiger charge is 2.24. The summed E-state index contributed by atoms with van der Waals surface area (Å²) in [6.07, 6.45) is 3.44. The molecule has 0 unspecified atom stereocenters. The van der Waals surface area contributed by atoms with E-state index in [1.54, 1.807) is 13.0 Å². The van der Waals surface area contributed by atoms with E-state index in [9.17, 15) is 4.79 Å². The maximum absolute atomic E-state index is 11.0. The summed E-state index contributed by atoms with van der Waals surface area (Å²) in [4.78, 5) is 13.2. The summed E-state index contributed by atoms with van der Waals surface area (Å²) in [5, 5.41) is 10.0. The van der Waals surface area contributed by atoms with Gasteiger partial charge < -0.3 is 15.7 Å². The molecule has 1 fully saturated rings. The highest BCUT2D eigenvalue weighted by atomic mass is 35.5. The minimum atomic E-state index is -1.11. The van der Waals surface area contributed by atoms with Crippen molar-refractivity contribution in [2.45, 2.75) is 32.2 Å². The normalized spacial score (nSPS) is 17.1. The number of nitrogens with zero attached hydrogens (tertiary/aromatic N) is 1. The third-order valence-electron chi connectivity index (χ3n) is 3.75. The van der Waals surface area contributed by atoms with Crippen LogP contribution in [0.5, 0.6) is 0 Å². The number of aliphatic carboxylic acids is 1. The first-order valence-corrected chi connectivity index (χ1v) is 7.41. The SMILES string of the molecule is Cc1c([C@H](N)C(=O)O)cc(Cl)c(N2CCCCC2)c1Cl. The fraction of sp³-hybridized carbons (Fsp3) is 0.500. The summed E-state index contributed by atoms with van der Waals surface area (Å²) >= 11 is 12.7. The summed E-state index contributed by atoms with van der Waals surface area (Å²) in [7, 11) is 0. The van der Waals surface area contributed by atoms with E-state index in [1.165, 1.54) is 6.42 Å². The van der Waals surface area contributed by atoms with E-state index in [0.717, 1.165) is 31.6 Å². The molecule has 20 heavy (non-hydrogen) atoms. The lowest BCUT2D eigenvalue weighted by Crippen LogP contribution is -2.30. The zero-order valence-electron chi connectivity index (χ0n) is 11.3. The third-order valence-corrected chi connectivity index (χ3v) is 4.50. The molecule has 1 atom stereocenters. The predicted molar refractivity (Wildman–Crippen MR) is 81.8 cm³/mol. The molecule has 0 saturated carbocycles. The Morgan fingerprint density at radius 2 is 1.95 bits per heavy atom. The van der Waals surface area contributed by atoms with Crippen LogP contribution < -0.4 is 10.6 Å². The molecule has 0 bridgehead atoms. The van der Waals surface area contributed by atoms with Crippen LogP contribution in [-0.2, 0) is 4.79 Å². The maximum Gasteiger partial charge on any atom is 0.325 e. The van der Waals surface area contributed by atoms with Gasteiger partial charge in [0.2, 0.25) is 0 Å². The van der Waals surface area contributed by atoms with Crippen molar-refractivity contribution in [1.82, 2.24) is 0 Å². The lowest BCUT2D eigenvalue weighted by Gasteiger charge is -2.31. The Morgan fingerprint density at radius 3 is 2.50 bits per heavy atom. The lowest BCUT2D eigenvalue weighted by molar-refractivity contribution is -0.138. The molecule has 0 amide bonds. The van der Waals surface area contributed by atoms with Crippen LogP contribution in [0.25, 0.3) is 0 Å². The molecule has 0 radical (unpaired) electrons. The Hall–Kier alpha value is -0.970. The first-order valence-electron chi connectivity index (χ1n) is 6.65. The number of halogens is 2. The van der Waals surface area contributed by atoms with Gasteiger partial charge in [-0.15, -0.1) is 0 Å². The first-order chi connectivity index (χ1) is 9.43. The molecule has 1 saturated heterocycles. The van der Waals surface area contributed by atoms with Gasteiger partial charge in [0, 0.05) is 13.1 Å². The summed E-state index contributed by atoms with van der Waals surface area (Å²) in [5.41, 5.74) is 7.63. The molecule has 1 aromatic carbocycles. The van der Waals surface area contributed by atoms with Gasteiger partial charge in [-0.3, -0.25) is 4.79 Å². The van der Waals surface area contributed by atoms with Gasteiger partial charge in [0.25, 0.3) is 0 Å². The van der Waals surface area contributed by atoms with Crippen molar-refractivity contribution >= 4 is 34.9 Å². The molecular formula is C14H18Cl2N2O2. The smallest absolute Gasteiger partial charge is 0.325 e. The molecule has 110 valence electrons. The van der Waals surface area contributed by atoms with E-state index in [1.807, 2.05) is 0 Å². The third kappa shape index (κ3) is 2.87. The molecule has 1 aliphatic heterocycles. The number of carbonyl (C=O) groups is 1. The van der Waals surface area contributed by atoms with Crippen molar-refractivity contribution in [3.63, 3.8) is 0 Å². The number of anilines is 1. The van der Waals surface area contributed by atoms with Gasteiger partial charge in [0.15, 0.2) is 0 Å². The van der Waals surface area contributed by atoms with Crippen molar-refractivity contribution in [3.8, 4) is 0 Å². The lowest BCUT2D eigenvalue weighted by atomic mass is 10.00. The van der Waals surface area contributed by atoms with Crippen LogP contribution in [-0.4, -0.2) is 24.2 Å². The average Bonchev–Trinajstić information content (AvgIpc) is 2.43. The Labute approximate surface area is 128 Å². The van der Waals surface area contributed by atoms with Crippen LogP contribution in [0.4, 0.5) is 5.69 Å². The topological polar surface area (TPSA) is 66.6 Å². The van der Waals surface area contributed by atoms with E-state index in [-0.39, 0.29) is 0 Å². The molecular weight excluding hydrogens is 299 g/mol. The van der Waals surface area contributed by atoms with Crippen LogP contribution in [0.2, 0.25) is 10.0 Å². The second-order valence-corrected chi connectivity index (χ2v) is 5.88. The van der Waals surface area contributed by atoms with Gasteiger partial charge in [-0.2, -0.15) is 0 Å². The average molecular weight is 317 g/mol. The van der Waals surface area contributed by atoms with Crippen molar-refractivity contribution in [2.75, 3.05) is 18.0 Å². The van der Waals surface area contributed by atoms with E-state index in [2.05, 4.69) is 4.90 Å². The zero-order valence-corrected chi connectivity index (χ0v) is 12.8. The highest BCUT2D eigenvalue weighted by Crippen LogP contribution is 2.40. The van der Waals surface area contributed by atoms with Crippen molar-refractivity contribution in [2.24, 2.45) is 5.73 Å². The van der Waals surface area contributed by atoms with Crippen LogP contribution >= 0.6 is 23.2 Å². The Kier molecular flexibility index (Phi) is 4.78. The monoisotopic (exact) mass is 316 g/mol. The second-order valence-electron chi connectivity index (χ2n) is 5.10. The molecule has 1 aliphatic rings. The van der Waals surface area contributed by atoms with Crippen molar-refractivity contribution in [3.05, 3.63) is 27.2 Å². The molecule has 0 aliphatic carbocycles. The fourth-order valence-electron chi connectivity index (χ4n) is 2.59. The van der Waals surface area contributed by atoms with Gasteiger partial charge in [0.05, 0.1) is 15.7 Å². The predicted octanol–water partition coefficient (Wildman–Crippen LogP) is 3.38. The van der Waals surface area contributed by atoms with Crippen LogP contribution in [0.1, 0.15) is 36.4 Å². The van der Waals surface area contributed by atoms with Crippen LogP contribution in [0.15, 0.2) is 6.07 Å². The fourth-order valence-corrected chi connectivity index (χ4v) is 3.30. The number of hydrogen-bond acceptors (Lipinski definition) is 3. The Bertz CT molecular complexity index is 528. The number of carboxylic acids is 1. The number of carboxylic acid groups (broad SMARTS) is 1. The van der Waals surface area contributed by atoms with Gasteiger partial charge in [0.1, 0.15) is 6.04 Å². The van der Waals surface area contributed by atoms with E-state index in [0.29, 0.717) is 21.2 Å². The van der Waals surface area contributed by atoms with E-state index < -0.39 is 12.0 Å². The van der Waals surface area contributed by atoms with Crippen LogP contribution in [0.3, 0.4) is 0 Å². The zero-order chi connectivity index (χ0) is 14.9. The summed E-state index contributed by atoms with van der Waals surface area (Å²) < 4.78 is 0. The van der Waals surface area contributed by atoms with E-state index >= 15 is 0 Å². The number of hydrogen-bond donors (Lipinski definition) is 2.